The summed E-state index contributed by atoms with van der Waals surface area (Å²) in [7, 11) is 0. The average molecular weight is 470 g/mol. The van der Waals surface area contributed by atoms with E-state index in [9.17, 15) is 14.4 Å². The van der Waals surface area contributed by atoms with E-state index in [2.05, 4.69) is 5.32 Å². The Bertz CT molecular complexity index is 1430. The quantitative estimate of drug-likeness (QED) is 0.448. The van der Waals surface area contributed by atoms with E-state index in [-0.39, 0.29) is 6.54 Å². The number of rotatable bonds is 7. The minimum absolute atomic E-state index is 0.313. The molecule has 8 heteroatoms. The molecule has 5 rings (SSSR count). The van der Waals surface area contributed by atoms with Crippen molar-refractivity contribution in [1.29, 1.82) is 0 Å². The maximum absolute atomic E-state index is 13.0. The lowest BCUT2D eigenvalue weighted by atomic mass is 10.0. The molecular weight excluding hydrogens is 442 g/mol. The first-order valence-corrected chi connectivity index (χ1v) is 11.9. The molecule has 0 bridgehead atoms. The number of carbonyl (C=O) groups is 1. The molecule has 35 heavy (non-hydrogen) atoms. The Labute approximate surface area is 202 Å². The van der Waals surface area contributed by atoms with Gasteiger partial charge in [0.25, 0.3) is 5.56 Å². The fourth-order valence-corrected chi connectivity index (χ4v) is 4.60. The third-order valence-electron chi connectivity index (χ3n) is 6.41. The zero-order valence-corrected chi connectivity index (χ0v) is 19.3. The second kappa shape index (κ2) is 9.97. The van der Waals surface area contributed by atoms with Gasteiger partial charge in [-0.25, -0.2) is 9.48 Å². The molecule has 1 fully saturated rings. The largest absolute Gasteiger partial charge is 0.331 e. The highest BCUT2D eigenvalue weighted by atomic mass is 16.2. The van der Waals surface area contributed by atoms with Crippen LogP contribution >= 0.6 is 0 Å². The molecule has 2 aromatic heterocycles. The lowest BCUT2D eigenvalue weighted by molar-refractivity contribution is -0.116. The molecule has 0 atom stereocenters. The van der Waals surface area contributed by atoms with Gasteiger partial charge in [0, 0.05) is 24.2 Å². The number of benzene rings is 2. The molecule has 0 aliphatic heterocycles. The Kier molecular flexibility index (Phi) is 6.43. The minimum Gasteiger partial charge on any atom is -0.309 e. The van der Waals surface area contributed by atoms with Crippen molar-refractivity contribution in [3.05, 3.63) is 111 Å². The van der Waals surface area contributed by atoms with Gasteiger partial charge >= 0.3 is 5.69 Å². The lowest BCUT2D eigenvalue weighted by Crippen LogP contribution is -2.42. The maximum atomic E-state index is 13.0. The average Bonchev–Trinajstić information content (AvgIpc) is 3.55. The van der Waals surface area contributed by atoms with Crippen molar-refractivity contribution in [2.75, 3.05) is 5.32 Å². The van der Waals surface area contributed by atoms with Crippen molar-refractivity contribution in [3.8, 4) is 5.69 Å². The second-order valence-electron chi connectivity index (χ2n) is 8.87. The third-order valence-corrected chi connectivity index (χ3v) is 6.41. The highest BCUT2D eigenvalue weighted by molar-refractivity contribution is 5.90. The molecule has 0 unspecified atom stereocenters. The van der Waals surface area contributed by atoms with Gasteiger partial charge in [-0.3, -0.25) is 18.7 Å². The zero-order chi connectivity index (χ0) is 24.2. The molecule has 1 N–H and O–H groups in total. The molecule has 178 valence electrons. The van der Waals surface area contributed by atoms with E-state index >= 15 is 0 Å². The predicted octanol–water partition coefficient (Wildman–Crippen LogP) is 3.54. The van der Waals surface area contributed by atoms with Crippen LogP contribution in [-0.4, -0.2) is 24.8 Å². The van der Waals surface area contributed by atoms with Crippen LogP contribution in [0, 0.1) is 0 Å². The Morgan fingerprint density at radius 2 is 1.63 bits per heavy atom. The summed E-state index contributed by atoms with van der Waals surface area (Å²) >= 11 is 0. The molecule has 2 aromatic carbocycles. The first-order valence-electron chi connectivity index (χ1n) is 11.9. The topological polar surface area (TPSA) is 90.9 Å². The monoisotopic (exact) mass is 469 g/mol. The van der Waals surface area contributed by atoms with E-state index in [4.69, 9.17) is 5.10 Å². The zero-order valence-electron chi connectivity index (χ0n) is 19.3. The molecule has 1 aliphatic carbocycles. The molecule has 0 radical (unpaired) electrons. The van der Waals surface area contributed by atoms with Gasteiger partial charge in [0.1, 0.15) is 12.4 Å². The van der Waals surface area contributed by atoms with Crippen molar-refractivity contribution >= 4 is 11.7 Å². The van der Waals surface area contributed by atoms with E-state index < -0.39 is 17.2 Å². The fourth-order valence-electron chi connectivity index (χ4n) is 4.60. The van der Waals surface area contributed by atoms with Crippen LogP contribution < -0.4 is 16.6 Å². The number of anilines is 1. The normalized spacial score (nSPS) is 13.7. The summed E-state index contributed by atoms with van der Waals surface area (Å²) in [4.78, 5) is 38.4. The van der Waals surface area contributed by atoms with Gasteiger partial charge in [0.05, 0.1) is 17.9 Å². The van der Waals surface area contributed by atoms with Crippen molar-refractivity contribution in [1.82, 2.24) is 18.9 Å². The number of nitrogens with one attached hydrogen (secondary N) is 1. The SMILES string of the molecule is O=C(Cn1c(=O)ccn(Cc2ccccc2)c1=O)Nc1cc(C2CCCC2)nn1-c1ccccc1. The smallest absolute Gasteiger partial charge is 0.309 e. The summed E-state index contributed by atoms with van der Waals surface area (Å²) in [6, 6.07) is 22.3. The van der Waals surface area contributed by atoms with Crippen LogP contribution in [0.2, 0.25) is 0 Å². The molecule has 0 spiro atoms. The van der Waals surface area contributed by atoms with Crippen molar-refractivity contribution < 1.29 is 4.79 Å². The van der Waals surface area contributed by atoms with Crippen molar-refractivity contribution in [2.45, 2.75) is 44.7 Å². The molecule has 1 saturated carbocycles. The molecule has 8 nitrogen and oxygen atoms in total. The number of para-hydroxylation sites is 1. The third kappa shape index (κ3) is 5.01. The summed E-state index contributed by atoms with van der Waals surface area (Å²) in [6.45, 7) is -0.0703. The standard InChI is InChI=1S/C27H27N5O3/c33-25(19-31-26(34)15-16-30(27(31)35)18-20-9-3-1-4-10-20)28-24-17-23(21-11-7-8-12-21)29-32(24)22-13-5-2-6-14-22/h1-6,9-10,13-17,21H,7-8,11-12,18-19H2,(H,28,33). The Hall–Kier alpha value is -4.20. The predicted molar refractivity (Wildman–Crippen MR) is 134 cm³/mol. The first kappa shape index (κ1) is 22.6. The molecule has 1 amide bonds. The highest BCUT2D eigenvalue weighted by Crippen LogP contribution is 2.35. The number of aromatic nitrogens is 4. The van der Waals surface area contributed by atoms with Gasteiger partial charge in [-0.2, -0.15) is 5.10 Å². The molecular formula is C27H27N5O3. The van der Waals surface area contributed by atoms with Gasteiger partial charge in [0.15, 0.2) is 0 Å². The fraction of sp³-hybridized carbons (Fsp3) is 0.259. The molecule has 4 aromatic rings. The van der Waals surface area contributed by atoms with Gasteiger partial charge in [-0.1, -0.05) is 61.4 Å². The van der Waals surface area contributed by atoms with Crippen LogP contribution in [0.1, 0.15) is 42.9 Å². The minimum atomic E-state index is -0.528. The maximum Gasteiger partial charge on any atom is 0.331 e. The Morgan fingerprint density at radius 1 is 0.943 bits per heavy atom. The van der Waals surface area contributed by atoms with Gasteiger partial charge in [-0.15, -0.1) is 0 Å². The van der Waals surface area contributed by atoms with Gasteiger partial charge in [0.2, 0.25) is 5.91 Å². The number of hydrogen-bond donors (Lipinski definition) is 1. The van der Waals surface area contributed by atoms with Gasteiger partial charge < -0.3 is 5.32 Å². The van der Waals surface area contributed by atoms with Crippen LogP contribution in [0.15, 0.2) is 88.6 Å². The summed E-state index contributed by atoms with van der Waals surface area (Å²) < 4.78 is 4.10. The van der Waals surface area contributed by atoms with Crippen molar-refractivity contribution in [3.63, 3.8) is 0 Å². The summed E-state index contributed by atoms with van der Waals surface area (Å²) in [5, 5.41) is 7.66. The van der Waals surface area contributed by atoms with Crippen LogP contribution in [0.3, 0.4) is 0 Å². The molecule has 0 saturated heterocycles. The molecule has 2 heterocycles. The summed E-state index contributed by atoms with van der Waals surface area (Å²) in [5.41, 5.74) is 1.66. The van der Waals surface area contributed by atoms with Crippen LogP contribution in [0.25, 0.3) is 5.69 Å². The summed E-state index contributed by atoms with van der Waals surface area (Å²) in [5.74, 6) is 0.436. The first-order chi connectivity index (χ1) is 17.1. The van der Waals surface area contributed by atoms with E-state index in [0.29, 0.717) is 18.3 Å². The number of carbonyl (C=O) groups excluding carboxylic acids is 1. The van der Waals surface area contributed by atoms with Crippen LogP contribution in [0.4, 0.5) is 5.82 Å². The van der Waals surface area contributed by atoms with E-state index in [1.807, 2.05) is 66.7 Å². The van der Waals surface area contributed by atoms with E-state index in [1.54, 1.807) is 4.68 Å². The number of hydrogen-bond acceptors (Lipinski definition) is 4. The van der Waals surface area contributed by atoms with Crippen molar-refractivity contribution in [2.24, 2.45) is 0 Å². The van der Waals surface area contributed by atoms with Crippen LogP contribution in [0.5, 0.6) is 0 Å². The second-order valence-corrected chi connectivity index (χ2v) is 8.87. The lowest BCUT2D eigenvalue weighted by Gasteiger charge is -2.11. The number of nitrogens with zero attached hydrogens (tertiary/aromatic N) is 4. The Morgan fingerprint density at radius 3 is 2.34 bits per heavy atom. The van der Waals surface area contributed by atoms with E-state index in [0.717, 1.165) is 34.4 Å². The van der Waals surface area contributed by atoms with Crippen LogP contribution in [-0.2, 0) is 17.9 Å². The Balaban J connectivity index is 1.40. The highest BCUT2D eigenvalue weighted by Gasteiger charge is 2.23. The van der Waals surface area contributed by atoms with Gasteiger partial charge in [-0.05, 0) is 30.5 Å². The van der Waals surface area contributed by atoms with E-state index in [1.165, 1.54) is 29.7 Å². The molecule has 1 aliphatic rings. The summed E-state index contributed by atoms with van der Waals surface area (Å²) in [6.07, 6.45) is 5.98. The number of amides is 1.